The molecular weight excluding hydrogens is 396 g/mol. The third-order valence-corrected chi connectivity index (χ3v) is 4.67. The molecule has 1 aliphatic rings. The Bertz CT molecular complexity index is 1060. The topological polar surface area (TPSA) is 54.7 Å². The van der Waals surface area contributed by atoms with Crippen LogP contribution < -0.4 is 15.0 Å². The molecule has 1 N–H and O–H groups in total. The summed E-state index contributed by atoms with van der Waals surface area (Å²) < 4.78 is 11.4. The molecule has 1 aliphatic heterocycles. The number of carbonyl (C=O) groups is 1. The summed E-state index contributed by atoms with van der Waals surface area (Å²) in [5.74, 6) is 1.48. The molecule has 4 rings (SSSR count). The Labute approximate surface area is 172 Å². The molecule has 2 heterocycles. The highest BCUT2D eigenvalue weighted by atomic mass is 35.5. The number of anilines is 1. The fourth-order valence-corrected chi connectivity index (χ4v) is 3.24. The van der Waals surface area contributed by atoms with Gasteiger partial charge in [0.1, 0.15) is 29.6 Å². The lowest BCUT2D eigenvalue weighted by molar-refractivity contribution is -0.113. The number of carbonyl (C=O) groups excluding carboxylic acids is 1. The summed E-state index contributed by atoms with van der Waals surface area (Å²) in [4.78, 5) is 14.2. The van der Waals surface area contributed by atoms with Crippen molar-refractivity contribution in [2.45, 2.75) is 6.61 Å². The third kappa shape index (κ3) is 3.78. The fourth-order valence-electron chi connectivity index (χ4n) is 2.75. The van der Waals surface area contributed by atoms with Crippen molar-refractivity contribution in [1.29, 1.82) is 0 Å². The minimum atomic E-state index is -0.235. The molecule has 28 heavy (non-hydrogen) atoms. The summed E-state index contributed by atoms with van der Waals surface area (Å²) in [6.07, 6.45) is 1.62. The molecule has 5 nitrogen and oxygen atoms in total. The van der Waals surface area contributed by atoms with E-state index < -0.39 is 0 Å². The number of rotatable bonds is 5. The van der Waals surface area contributed by atoms with Crippen molar-refractivity contribution in [3.63, 3.8) is 0 Å². The van der Waals surface area contributed by atoms with Crippen LogP contribution in [0.2, 0.25) is 5.02 Å². The highest BCUT2D eigenvalue weighted by Crippen LogP contribution is 2.25. The van der Waals surface area contributed by atoms with Crippen LogP contribution >= 0.6 is 23.8 Å². The lowest BCUT2D eigenvalue weighted by Gasteiger charge is -2.13. The van der Waals surface area contributed by atoms with Gasteiger partial charge in [-0.15, -0.1) is 0 Å². The molecule has 140 valence electrons. The number of amides is 1. The second-order valence-corrected chi connectivity index (χ2v) is 6.78. The number of thiocarbonyl (C=S) groups is 1. The van der Waals surface area contributed by atoms with E-state index in [1.54, 1.807) is 30.3 Å². The molecule has 0 bridgehead atoms. The first-order chi connectivity index (χ1) is 13.6. The van der Waals surface area contributed by atoms with Gasteiger partial charge in [0.25, 0.3) is 5.91 Å². The average molecular weight is 411 g/mol. The first-order valence-corrected chi connectivity index (χ1v) is 9.28. The second kappa shape index (κ2) is 7.88. The first kappa shape index (κ1) is 18.3. The number of furan rings is 1. The van der Waals surface area contributed by atoms with Crippen LogP contribution in [0.3, 0.4) is 0 Å². The molecule has 0 spiro atoms. The summed E-state index contributed by atoms with van der Waals surface area (Å²) in [6, 6.07) is 20.0. The fraction of sp³-hybridized carbons (Fsp3) is 0.0476. The lowest BCUT2D eigenvalue weighted by atomic mass is 10.3. The lowest BCUT2D eigenvalue weighted by Crippen LogP contribution is -2.30. The van der Waals surface area contributed by atoms with E-state index in [0.29, 0.717) is 38.8 Å². The number of nitrogens with zero attached hydrogens (tertiary/aromatic N) is 1. The number of halogens is 1. The van der Waals surface area contributed by atoms with Crippen molar-refractivity contribution in [2.75, 3.05) is 4.90 Å². The number of benzene rings is 2. The predicted molar refractivity (Wildman–Crippen MR) is 112 cm³/mol. The minimum Gasteiger partial charge on any atom is -0.484 e. The average Bonchev–Trinajstić information content (AvgIpc) is 3.26. The Balaban J connectivity index is 1.47. The molecule has 1 amide bonds. The zero-order valence-electron chi connectivity index (χ0n) is 14.6. The van der Waals surface area contributed by atoms with E-state index in [1.807, 2.05) is 42.5 Å². The summed E-state index contributed by atoms with van der Waals surface area (Å²) in [6.45, 7) is 0.225. The van der Waals surface area contributed by atoms with Crippen LogP contribution in [0.4, 0.5) is 5.69 Å². The normalized spacial score (nSPS) is 15.2. The van der Waals surface area contributed by atoms with Gasteiger partial charge in [0, 0.05) is 6.08 Å². The van der Waals surface area contributed by atoms with Crippen LogP contribution in [-0.4, -0.2) is 11.0 Å². The van der Waals surface area contributed by atoms with Crippen molar-refractivity contribution in [3.05, 3.63) is 89.0 Å². The van der Waals surface area contributed by atoms with E-state index in [4.69, 9.17) is 33.0 Å². The zero-order chi connectivity index (χ0) is 19.5. The van der Waals surface area contributed by atoms with Crippen molar-refractivity contribution in [1.82, 2.24) is 5.32 Å². The van der Waals surface area contributed by atoms with E-state index in [1.165, 1.54) is 4.90 Å². The molecule has 1 saturated heterocycles. The Hall–Kier alpha value is -3.09. The van der Waals surface area contributed by atoms with Gasteiger partial charge in [0.15, 0.2) is 5.11 Å². The monoisotopic (exact) mass is 410 g/mol. The molecule has 2 aromatic carbocycles. The highest BCUT2D eigenvalue weighted by molar-refractivity contribution is 7.80. The maximum absolute atomic E-state index is 12.7. The van der Waals surface area contributed by atoms with Gasteiger partial charge in [-0.05, 0) is 48.6 Å². The molecular formula is C21H15ClN2O3S. The second-order valence-electron chi connectivity index (χ2n) is 5.99. The van der Waals surface area contributed by atoms with Gasteiger partial charge in [-0.2, -0.15) is 0 Å². The Morgan fingerprint density at radius 3 is 2.61 bits per heavy atom. The van der Waals surface area contributed by atoms with Gasteiger partial charge in [-0.3, -0.25) is 9.69 Å². The van der Waals surface area contributed by atoms with Crippen LogP contribution in [0.1, 0.15) is 11.5 Å². The first-order valence-electron chi connectivity index (χ1n) is 8.50. The van der Waals surface area contributed by atoms with E-state index in [2.05, 4.69) is 5.32 Å². The van der Waals surface area contributed by atoms with E-state index in [0.717, 1.165) is 0 Å². The highest BCUT2D eigenvalue weighted by Gasteiger charge is 2.32. The molecule has 0 atom stereocenters. The van der Waals surface area contributed by atoms with Gasteiger partial charge >= 0.3 is 0 Å². The van der Waals surface area contributed by atoms with Crippen LogP contribution in [0.5, 0.6) is 5.75 Å². The molecule has 0 unspecified atom stereocenters. The van der Waals surface area contributed by atoms with Gasteiger partial charge in [0.2, 0.25) is 0 Å². The van der Waals surface area contributed by atoms with Gasteiger partial charge in [-0.1, -0.05) is 41.9 Å². The summed E-state index contributed by atoms with van der Waals surface area (Å²) in [5.41, 5.74) is 1.06. The maximum atomic E-state index is 12.7. The Kier molecular flexibility index (Phi) is 5.14. The molecule has 0 saturated carbocycles. The molecule has 7 heteroatoms. The summed E-state index contributed by atoms with van der Waals surface area (Å²) in [5, 5.41) is 3.80. The van der Waals surface area contributed by atoms with Crippen molar-refractivity contribution >= 4 is 46.6 Å². The smallest absolute Gasteiger partial charge is 0.281 e. The zero-order valence-corrected chi connectivity index (χ0v) is 16.2. The maximum Gasteiger partial charge on any atom is 0.281 e. The predicted octanol–water partition coefficient (Wildman–Crippen LogP) is 4.77. The standard InChI is InChI=1S/C21H15ClN2O3S/c22-17-8-4-5-9-19(17)26-13-16-11-10-15(27-16)12-18-20(25)24(21(28)23-18)14-6-2-1-3-7-14/h1-12H,13H2,(H,23,28)/b18-12+. The van der Waals surface area contributed by atoms with Crippen LogP contribution in [-0.2, 0) is 11.4 Å². The number of ether oxygens (including phenoxy) is 1. The number of para-hydroxylation sites is 2. The van der Waals surface area contributed by atoms with Gasteiger partial charge < -0.3 is 14.5 Å². The Morgan fingerprint density at radius 1 is 1.07 bits per heavy atom. The quantitative estimate of drug-likeness (QED) is 0.485. The van der Waals surface area contributed by atoms with Crippen LogP contribution in [0.15, 0.2) is 76.8 Å². The van der Waals surface area contributed by atoms with Gasteiger partial charge in [0.05, 0.1) is 10.7 Å². The van der Waals surface area contributed by atoms with Crippen molar-refractivity contribution < 1.29 is 13.9 Å². The number of hydrogen-bond acceptors (Lipinski definition) is 4. The Morgan fingerprint density at radius 2 is 1.82 bits per heavy atom. The number of nitrogens with one attached hydrogen (secondary N) is 1. The van der Waals surface area contributed by atoms with E-state index in [9.17, 15) is 4.79 Å². The third-order valence-electron chi connectivity index (χ3n) is 4.07. The largest absolute Gasteiger partial charge is 0.484 e. The molecule has 1 aromatic heterocycles. The summed E-state index contributed by atoms with van der Waals surface area (Å²) in [7, 11) is 0. The van der Waals surface area contributed by atoms with Gasteiger partial charge in [-0.25, -0.2) is 0 Å². The number of hydrogen-bond donors (Lipinski definition) is 1. The van der Waals surface area contributed by atoms with Crippen LogP contribution in [0, 0.1) is 0 Å². The van der Waals surface area contributed by atoms with Crippen molar-refractivity contribution in [2.24, 2.45) is 0 Å². The SMILES string of the molecule is O=C1/C(=C\c2ccc(COc3ccccc3Cl)o2)NC(=S)N1c1ccccc1. The molecule has 3 aromatic rings. The summed E-state index contributed by atoms with van der Waals surface area (Å²) >= 11 is 11.4. The van der Waals surface area contributed by atoms with E-state index >= 15 is 0 Å². The molecule has 0 radical (unpaired) electrons. The van der Waals surface area contributed by atoms with Crippen LogP contribution in [0.25, 0.3) is 6.08 Å². The molecule has 1 fully saturated rings. The van der Waals surface area contributed by atoms with Crippen molar-refractivity contribution in [3.8, 4) is 5.75 Å². The van der Waals surface area contributed by atoms with E-state index in [-0.39, 0.29) is 12.5 Å². The minimum absolute atomic E-state index is 0.225. The molecule has 0 aliphatic carbocycles.